The lowest BCUT2D eigenvalue weighted by atomic mass is 10.1. The van der Waals surface area contributed by atoms with Gasteiger partial charge >= 0.3 is 0 Å². The van der Waals surface area contributed by atoms with Crippen molar-refractivity contribution in [3.8, 4) is 0 Å². The smallest absolute Gasteiger partial charge is 0.278 e. The summed E-state index contributed by atoms with van der Waals surface area (Å²) in [6.07, 6.45) is 0.563. The molecule has 2 aromatic rings. The van der Waals surface area contributed by atoms with Crippen LogP contribution in [0.15, 0.2) is 65.3 Å². The number of rotatable bonds is 6. The van der Waals surface area contributed by atoms with Crippen LogP contribution < -0.4 is 5.32 Å². The first-order valence-electron chi connectivity index (χ1n) is 7.84. The van der Waals surface area contributed by atoms with Crippen LogP contribution in [-0.2, 0) is 22.6 Å². The first-order valence-corrected chi connectivity index (χ1v) is 8.22. The Morgan fingerprint density at radius 1 is 0.920 bits per heavy atom. The molecule has 25 heavy (non-hydrogen) atoms. The minimum atomic E-state index is -0.496. The zero-order chi connectivity index (χ0) is 17.8. The van der Waals surface area contributed by atoms with Crippen LogP contribution in [0.25, 0.3) is 0 Å². The Hall–Kier alpha value is -2.66. The largest absolute Gasteiger partial charge is 0.375 e. The summed E-state index contributed by atoms with van der Waals surface area (Å²) in [6, 6.07) is 15.5. The molecule has 0 saturated carbocycles. The summed E-state index contributed by atoms with van der Waals surface area (Å²) in [5.41, 5.74) is 1.90. The van der Waals surface area contributed by atoms with Crippen LogP contribution in [0.4, 0.5) is 4.39 Å². The van der Waals surface area contributed by atoms with Gasteiger partial charge in [0.25, 0.3) is 11.8 Å². The molecule has 1 N–H and O–H groups in total. The zero-order valence-corrected chi connectivity index (χ0v) is 14.1. The van der Waals surface area contributed by atoms with Crippen molar-refractivity contribution in [1.29, 1.82) is 0 Å². The van der Waals surface area contributed by atoms with Crippen molar-refractivity contribution in [3.63, 3.8) is 0 Å². The standard InChI is InChI=1S/C19H16ClFN2O2/c20-16-17(22-12-14-6-8-15(21)9-7-14)19(25)23(18(16)24)11-10-13-4-2-1-3-5-13/h1-9,22H,10-12H2. The maximum Gasteiger partial charge on any atom is 0.278 e. The lowest BCUT2D eigenvalue weighted by molar-refractivity contribution is -0.137. The summed E-state index contributed by atoms with van der Waals surface area (Å²) in [5.74, 6) is -1.27. The molecule has 0 unspecified atom stereocenters. The number of nitrogens with zero attached hydrogens (tertiary/aromatic N) is 1. The number of carbonyl (C=O) groups excluding carboxylic acids is 2. The van der Waals surface area contributed by atoms with Gasteiger partial charge in [-0.2, -0.15) is 0 Å². The van der Waals surface area contributed by atoms with Crippen LogP contribution in [-0.4, -0.2) is 23.3 Å². The van der Waals surface area contributed by atoms with Gasteiger partial charge in [-0.25, -0.2) is 4.39 Å². The molecule has 1 heterocycles. The van der Waals surface area contributed by atoms with E-state index in [1.807, 2.05) is 30.3 Å². The monoisotopic (exact) mass is 358 g/mol. The number of nitrogens with one attached hydrogen (secondary N) is 1. The second kappa shape index (κ2) is 7.49. The third-order valence-corrected chi connectivity index (χ3v) is 4.31. The van der Waals surface area contributed by atoms with E-state index in [4.69, 9.17) is 11.6 Å². The Labute approximate surface area is 149 Å². The molecule has 2 aromatic carbocycles. The molecule has 6 heteroatoms. The first-order chi connectivity index (χ1) is 12.1. The minimum absolute atomic E-state index is 0.0871. The van der Waals surface area contributed by atoms with Crippen molar-refractivity contribution < 1.29 is 14.0 Å². The fourth-order valence-corrected chi connectivity index (χ4v) is 2.83. The van der Waals surface area contributed by atoms with E-state index >= 15 is 0 Å². The predicted molar refractivity (Wildman–Crippen MR) is 93.0 cm³/mol. The van der Waals surface area contributed by atoms with Gasteiger partial charge in [-0.1, -0.05) is 54.1 Å². The second-order valence-corrected chi connectivity index (χ2v) is 6.04. The quantitative estimate of drug-likeness (QED) is 0.808. The van der Waals surface area contributed by atoms with Gasteiger partial charge in [-0.3, -0.25) is 14.5 Å². The summed E-state index contributed by atoms with van der Waals surface area (Å²) in [5, 5.41) is 2.78. The Morgan fingerprint density at radius 2 is 1.60 bits per heavy atom. The van der Waals surface area contributed by atoms with Crippen molar-refractivity contribution >= 4 is 23.4 Å². The van der Waals surface area contributed by atoms with Gasteiger partial charge in [-0.15, -0.1) is 0 Å². The SMILES string of the molecule is O=C1C(Cl)=C(NCc2ccc(F)cc2)C(=O)N1CCc1ccccc1. The molecule has 2 amide bonds. The van der Waals surface area contributed by atoms with E-state index in [1.165, 1.54) is 12.1 Å². The molecular formula is C19H16ClFN2O2. The van der Waals surface area contributed by atoms with Crippen LogP contribution in [0, 0.1) is 5.82 Å². The number of amides is 2. The van der Waals surface area contributed by atoms with Crippen LogP contribution in [0.1, 0.15) is 11.1 Å². The minimum Gasteiger partial charge on any atom is -0.375 e. The molecule has 0 bridgehead atoms. The summed E-state index contributed by atoms with van der Waals surface area (Å²) < 4.78 is 12.9. The fourth-order valence-electron chi connectivity index (χ4n) is 2.58. The summed E-state index contributed by atoms with van der Waals surface area (Å²) in [7, 11) is 0. The topological polar surface area (TPSA) is 49.4 Å². The van der Waals surface area contributed by atoms with Gasteiger partial charge < -0.3 is 5.32 Å². The number of benzene rings is 2. The summed E-state index contributed by atoms with van der Waals surface area (Å²) >= 11 is 6.04. The van der Waals surface area contributed by atoms with Crippen molar-refractivity contribution in [2.24, 2.45) is 0 Å². The molecule has 0 radical (unpaired) electrons. The molecular weight excluding hydrogens is 343 g/mol. The summed E-state index contributed by atoms with van der Waals surface area (Å²) in [6.45, 7) is 0.539. The highest BCUT2D eigenvalue weighted by molar-refractivity contribution is 6.47. The molecule has 0 aliphatic carbocycles. The van der Waals surface area contributed by atoms with E-state index in [9.17, 15) is 14.0 Å². The number of hydrogen-bond acceptors (Lipinski definition) is 3. The highest BCUT2D eigenvalue weighted by atomic mass is 35.5. The van der Waals surface area contributed by atoms with E-state index in [2.05, 4.69) is 5.32 Å². The van der Waals surface area contributed by atoms with E-state index < -0.39 is 11.8 Å². The normalized spacial score (nSPS) is 14.4. The number of halogens is 2. The molecule has 0 saturated heterocycles. The number of imide groups is 1. The average Bonchev–Trinajstić information content (AvgIpc) is 2.83. The third kappa shape index (κ3) is 3.88. The Bertz CT molecular complexity index is 819. The fraction of sp³-hybridized carbons (Fsp3) is 0.158. The Morgan fingerprint density at radius 3 is 2.28 bits per heavy atom. The maximum atomic E-state index is 12.9. The number of carbonyl (C=O) groups is 2. The van der Waals surface area contributed by atoms with Crippen molar-refractivity contribution in [1.82, 2.24) is 10.2 Å². The molecule has 1 aliphatic rings. The van der Waals surface area contributed by atoms with Gasteiger partial charge in [-0.05, 0) is 29.7 Å². The van der Waals surface area contributed by atoms with Crippen molar-refractivity contribution in [2.75, 3.05) is 6.54 Å². The third-order valence-electron chi connectivity index (χ3n) is 3.96. The van der Waals surface area contributed by atoms with E-state index in [0.29, 0.717) is 6.42 Å². The predicted octanol–water partition coefficient (Wildman–Crippen LogP) is 2.98. The molecule has 0 spiro atoms. The molecule has 0 fully saturated rings. The lowest BCUT2D eigenvalue weighted by Gasteiger charge is -2.15. The zero-order valence-electron chi connectivity index (χ0n) is 13.3. The maximum absolute atomic E-state index is 12.9. The van der Waals surface area contributed by atoms with E-state index in [-0.39, 0.29) is 29.6 Å². The van der Waals surface area contributed by atoms with Crippen LogP contribution in [0.3, 0.4) is 0 Å². The van der Waals surface area contributed by atoms with Crippen LogP contribution in [0.2, 0.25) is 0 Å². The summed E-state index contributed by atoms with van der Waals surface area (Å²) in [4.78, 5) is 25.8. The van der Waals surface area contributed by atoms with Gasteiger partial charge in [0.15, 0.2) is 0 Å². The molecule has 3 rings (SSSR count). The van der Waals surface area contributed by atoms with Gasteiger partial charge in [0, 0.05) is 13.1 Å². The van der Waals surface area contributed by atoms with Crippen molar-refractivity contribution in [2.45, 2.75) is 13.0 Å². The Kier molecular flexibility index (Phi) is 5.14. The average molecular weight is 359 g/mol. The Balaban J connectivity index is 1.63. The van der Waals surface area contributed by atoms with Crippen LogP contribution in [0.5, 0.6) is 0 Å². The highest BCUT2D eigenvalue weighted by Crippen LogP contribution is 2.23. The molecule has 1 aliphatic heterocycles. The van der Waals surface area contributed by atoms with E-state index in [0.717, 1.165) is 16.0 Å². The molecule has 4 nitrogen and oxygen atoms in total. The van der Waals surface area contributed by atoms with Crippen LogP contribution >= 0.6 is 11.6 Å². The van der Waals surface area contributed by atoms with Gasteiger partial charge in [0.1, 0.15) is 16.5 Å². The molecule has 0 atom stereocenters. The van der Waals surface area contributed by atoms with Gasteiger partial charge in [0.2, 0.25) is 0 Å². The highest BCUT2D eigenvalue weighted by Gasteiger charge is 2.37. The molecule has 128 valence electrons. The van der Waals surface area contributed by atoms with Crippen molar-refractivity contribution in [3.05, 3.63) is 82.3 Å². The first kappa shape index (κ1) is 17.2. The van der Waals surface area contributed by atoms with Gasteiger partial charge in [0.05, 0.1) is 0 Å². The molecule has 0 aromatic heterocycles. The second-order valence-electron chi connectivity index (χ2n) is 5.67. The van der Waals surface area contributed by atoms with E-state index in [1.54, 1.807) is 12.1 Å². The lowest BCUT2D eigenvalue weighted by Crippen LogP contribution is -2.35. The number of hydrogen-bond donors (Lipinski definition) is 1.